The Balaban J connectivity index is 2.18. The van der Waals surface area contributed by atoms with Crippen LogP contribution in [0.3, 0.4) is 0 Å². The zero-order valence-electron chi connectivity index (χ0n) is 12.1. The monoisotopic (exact) mass is 269 g/mol. The van der Waals surface area contributed by atoms with Crippen LogP contribution in [0.5, 0.6) is 0 Å². The first kappa shape index (κ1) is 14.3. The van der Waals surface area contributed by atoms with Gasteiger partial charge in [-0.15, -0.1) is 0 Å². The van der Waals surface area contributed by atoms with Crippen LogP contribution in [0.25, 0.3) is 11.4 Å². The third-order valence-corrected chi connectivity index (χ3v) is 3.37. The Hall–Kier alpha value is -2.07. The predicted molar refractivity (Wildman–Crippen MR) is 79.4 cm³/mol. The summed E-state index contributed by atoms with van der Waals surface area (Å²) in [6.07, 6.45) is 4.20. The van der Waals surface area contributed by atoms with Crippen molar-refractivity contribution in [2.24, 2.45) is 0 Å². The fourth-order valence-corrected chi connectivity index (χ4v) is 2.11. The van der Waals surface area contributed by atoms with Gasteiger partial charge in [0.05, 0.1) is 6.04 Å². The van der Waals surface area contributed by atoms with E-state index in [1.54, 1.807) is 26.4 Å². The SMILES string of the molecule is CN[C@@H](Cc1cnc(-c2ccccc2C)nc1)C(C)=O. The van der Waals surface area contributed by atoms with Gasteiger partial charge in [-0.05, 0) is 38.4 Å². The summed E-state index contributed by atoms with van der Waals surface area (Å²) in [5.41, 5.74) is 3.14. The van der Waals surface area contributed by atoms with Gasteiger partial charge in [0.15, 0.2) is 5.82 Å². The van der Waals surface area contributed by atoms with Gasteiger partial charge in [0, 0.05) is 18.0 Å². The zero-order chi connectivity index (χ0) is 14.5. The van der Waals surface area contributed by atoms with E-state index in [0.717, 1.165) is 22.5 Å². The first-order valence-electron chi connectivity index (χ1n) is 6.66. The summed E-state index contributed by atoms with van der Waals surface area (Å²) in [6.45, 7) is 3.63. The van der Waals surface area contributed by atoms with E-state index in [4.69, 9.17) is 0 Å². The molecule has 0 spiro atoms. The highest BCUT2D eigenvalue weighted by atomic mass is 16.1. The highest BCUT2D eigenvalue weighted by Gasteiger charge is 2.13. The molecule has 4 nitrogen and oxygen atoms in total. The third-order valence-electron chi connectivity index (χ3n) is 3.37. The number of aryl methyl sites for hydroxylation is 1. The minimum absolute atomic E-state index is 0.121. The fourth-order valence-electron chi connectivity index (χ4n) is 2.11. The molecule has 1 N–H and O–H groups in total. The second-order valence-corrected chi connectivity index (χ2v) is 4.89. The summed E-state index contributed by atoms with van der Waals surface area (Å²) in [4.78, 5) is 20.2. The minimum Gasteiger partial charge on any atom is -0.310 e. The quantitative estimate of drug-likeness (QED) is 0.904. The molecule has 0 unspecified atom stereocenters. The number of aromatic nitrogens is 2. The smallest absolute Gasteiger partial charge is 0.159 e. The Morgan fingerprint density at radius 3 is 2.45 bits per heavy atom. The van der Waals surface area contributed by atoms with Gasteiger partial charge in [-0.25, -0.2) is 9.97 Å². The van der Waals surface area contributed by atoms with Gasteiger partial charge in [-0.2, -0.15) is 0 Å². The van der Waals surface area contributed by atoms with Crippen LogP contribution in [-0.2, 0) is 11.2 Å². The maximum atomic E-state index is 11.4. The number of hydrogen-bond donors (Lipinski definition) is 1. The predicted octanol–water partition coefficient (Wildman–Crippen LogP) is 2.17. The van der Waals surface area contributed by atoms with Gasteiger partial charge in [0.25, 0.3) is 0 Å². The van der Waals surface area contributed by atoms with Crippen molar-refractivity contribution in [3.05, 3.63) is 47.8 Å². The Morgan fingerprint density at radius 1 is 1.25 bits per heavy atom. The molecule has 0 saturated heterocycles. The van der Waals surface area contributed by atoms with Crippen LogP contribution in [0.1, 0.15) is 18.1 Å². The number of hydrogen-bond acceptors (Lipinski definition) is 4. The molecule has 1 heterocycles. The van der Waals surface area contributed by atoms with Gasteiger partial charge < -0.3 is 5.32 Å². The van der Waals surface area contributed by atoms with Crippen LogP contribution < -0.4 is 5.32 Å². The topological polar surface area (TPSA) is 54.9 Å². The highest BCUT2D eigenvalue weighted by Crippen LogP contribution is 2.18. The van der Waals surface area contributed by atoms with Crippen molar-refractivity contribution in [1.29, 1.82) is 0 Å². The van der Waals surface area contributed by atoms with E-state index < -0.39 is 0 Å². The van der Waals surface area contributed by atoms with Crippen molar-refractivity contribution in [1.82, 2.24) is 15.3 Å². The first-order chi connectivity index (χ1) is 9.61. The molecular weight excluding hydrogens is 250 g/mol. The van der Waals surface area contributed by atoms with Gasteiger partial charge in [0.2, 0.25) is 0 Å². The van der Waals surface area contributed by atoms with Gasteiger partial charge in [-0.3, -0.25) is 4.79 Å². The molecule has 0 fully saturated rings. The summed E-state index contributed by atoms with van der Waals surface area (Å²) >= 11 is 0. The molecule has 0 bridgehead atoms. The molecule has 0 amide bonds. The Bertz CT molecular complexity index is 593. The van der Waals surface area contributed by atoms with Crippen LogP contribution >= 0.6 is 0 Å². The molecule has 0 saturated carbocycles. The Labute approximate surface area is 119 Å². The number of likely N-dealkylation sites (N-methyl/N-ethyl adjacent to an activating group) is 1. The van der Waals surface area contributed by atoms with E-state index in [1.807, 2.05) is 31.2 Å². The second-order valence-electron chi connectivity index (χ2n) is 4.89. The number of carbonyl (C=O) groups excluding carboxylic acids is 1. The van der Waals surface area contributed by atoms with Crippen molar-refractivity contribution in [2.75, 3.05) is 7.05 Å². The van der Waals surface area contributed by atoms with Crippen molar-refractivity contribution < 1.29 is 4.79 Å². The molecule has 1 aromatic heterocycles. The summed E-state index contributed by atoms with van der Waals surface area (Å²) in [5, 5.41) is 3.00. The molecule has 1 atom stereocenters. The van der Waals surface area contributed by atoms with E-state index in [0.29, 0.717) is 6.42 Å². The molecule has 0 aliphatic rings. The molecule has 104 valence electrons. The largest absolute Gasteiger partial charge is 0.310 e. The molecule has 0 aliphatic carbocycles. The molecule has 4 heteroatoms. The first-order valence-corrected chi connectivity index (χ1v) is 6.66. The normalized spacial score (nSPS) is 12.2. The molecule has 20 heavy (non-hydrogen) atoms. The van der Waals surface area contributed by atoms with Gasteiger partial charge >= 0.3 is 0 Å². The van der Waals surface area contributed by atoms with Crippen LogP contribution in [0.4, 0.5) is 0 Å². The standard InChI is InChI=1S/C16H19N3O/c1-11-6-4-5-7-14(11)16-18-9-13(10-19-16)8-15(17-3)12(2)20/h4-7,9-10,15,17H,8H2,1-3H3/t15-/m0/s1. The highest BCUT2D eigenvalue weighted by molar-refractivity contribution is 5.81. The summed E-state index contributed by atoms with van der Waals surface area (Å²) in [6, 6.07) is 7.85. The Kier molecular flexibility index (Phi) is 4.58. The van der Waals surface area contributed by atoms with Gasteiger partial charge in [-0.1, -0.05) is 24.3 Å². The maximum Gasteiger partial charge on any atom is 0.159 e. The number of nitrogens with one attached hydrogen (secondary N) is 1. The lowest BCUT2D eigenvalue weighted by molar-refractivity contribution is -0.118. The molecular formula is C16H19N3O. The van der Waals surface area contributed by atoms with Crippen LogP contribution in [0, 0.1) is 6.92 Å². The lowest BCUT2D eigenvalue weighted by Gasteiger charge is -2.12. The lowest BCUT2D eigenvalue weighted by Crippen LogP contribution is -2.34. The van der Waals surface area contributed by atoms with Crippen molar-refractivity contribution in [2.45, 2.75) is 26.3 Å². The molecule has 2 rings (SSSR count). The van der Waals surface area contributed by atoms with E-state index in [1.165, 1.54) is 0 Å². The summed E-state index contributed by atoms with van der Waals surface area (Å²) in [5.74, 6) is 0.839. The van der Waals surface area contributed by atoms with E-state index in [-0.39, 0.29) is 11.8 Å². The molecule has 0 aliphatic heterocycles. The summed E-state index contributed by atoms with van der Waals surface area (Å²) in [7, 11) is 1.79. The fraction of sp³-hybridized carbons (Fsp3) is 0.312. The molecule has 0 radical (unpaired) electrons. The average Bonchev–Trinajstić information content (AvgIpc) is 2.46. The van der Waals surface area contributed by atoms with Crippen LogP contribution in [0.2, 0.25) is 0 Å². The van der Waals surface area contributed by atoms with Crippen LogP contribution in [0.15, 0.2) is 36.7 Å². The molecule has 1 aromatic carbocycles. The number of nitrogens with zero attached hydrogens (tertiary/aromatic N) is 2. The van der Waals surface area contributed by atoms with E-state index in [9.17, 15) is 4.79 Å². The lowest BCUT2D eigenvalue weighted by atomic mass is 10.1. The number of benzene rings is 1. The Morgan fingerprint density at radius 2 is 1.90 bits per heavy atom. The second kappa shape index (κ2) is 6.39. The van der Waals surface area contributed by atoms with E-state index in [2.05, 4.69) is 15.3 Å². The van der Waals surface area contributed by atoms with Crippen molar-refractivity contribution in [3.8, 4) is 11.4 Å². The van der Waals surface area contributed by atoms with Crippen molar-refractivity contribution >= 4 is 5.78 Å². The average molecular weight is 269 g/mol. The van der Waals surface area contributed by atoms with Crippen LogP contribution in [-0.4, -0.2) is 28.8 Å². The van der Waals surface area contributed by atoms with Crippen molar-refractivity contribution in [3.63, 3.8) is 0 Å². The number of Topliss-reactive ketones (excluding diaryl/α,β-unsaturated/α-hetero) is 1. The van der Waals surface area contributed by atoms with Gasteiger partial charge in [0.1, 0.15) is 5.78 Å². The number of rotatable bonds is 5. The number of carbonyl (C=O) groups is 1. The maximum absolute atomic E-state index is 11.4. The summed E-state index contributed by atoms with van der Waals surface area (Å²) < 4.78 is 0. The van der Waals surface area contributed by atoms with E-state index >= 15 is 0 Å². The molecule has 2 aromatic rings. The zero-order valence-corrected chi connectivity index (χ0v) is 12.1. The number of ketones is 1. The minimum atomic E-state index is -0.178. The third kappa shape index (κ3) is 3.27.